The van der Waals surface area contributed by atoms with Crippen molar-refractivity contribution in [3.63, 3.8) is 0 Å². The van der Waals surface area contributed by atoms with E-state index in [0.717, 1.165) is 49.5 Å². The van der Waals surface area contributed by atoms with Crippen LogP contribution in [-0.2, 0) is 23.5 Å². The summed E-state index contributed by atoms with van der Waals surface area (Å²) in [6.45, 7) is 27.6. The van der Waals surface area contributed by atoms with Gasteiger partial charge in [0, 0.05) is 12.8 Å². The number of hydrogen-bond donors (Lipinski definition) is 0. The minimum atomic E-state index is -3.38. The summed E-state index contributed by atoms with van der Waals surface area (Å²) in [6, 6.07) is 0. The molecule has 0 N–H and O–H groups in total. The van der Waals surface area contributed by atoms with Gasteiger partial charge in [-0.25, -0.2) is 8.42 Å². The monoisotopic (exact) mass is 664 g/mol. The van der Waals surface area contributed by atoms with Gasteiger partial charge in [0.25, 0.3) is 0 Å². The molecule has 0 radical (unpaired) electrons. The minimum absolute atomic E-state index is 0.0234. The zero-order chi connectivity index (χ0) is 33.1. The van der Waals surface area contributed by atoms with Crippen LogP contribution in [0.1, 0.15) is 113 Å². The third kappa shape index (κ3) is 7.00. The molecule has 252 valence electrons. The predicted molar refractivity (Wildman–Crippen MR) is 189 cm³/mol. The molecule has 0 amide bonds. The highest BCUT2D eigenvalue weighted by Crippen LogP contribution is 2.60. The van der Waals surface area contributed by atoms with E-state index in [0.29, 0.717) is 30.6 Å². The third-order valence-electron chi connectivity index (χ3n) is 13.2. The number of aldehydes is 1. The van der Waals surface area contributed by atoms with E-state index in [9.17, 15) is 13.2 Å². The van der Waals surface area contributed by atoms with Crippen LogP contribution in [0, 0.1) is 23.2 Å². The standard InChI is InChI=1S/C36H64O5SSi2/c1-25(15-14-20-37)30-17-18-31-26(16-13-19-36(30,31)8)21-33-28-22-27(40-43(9,10)34(2,3)4)23-32(29(28)24-42(33,38)39)41-44(11,12)35(5,6)7/h20-21,25,27,30-33H,13-19,22-24H2,1-12H3/t25-,27-,30-,31?,32+,33?,36-/m1/s1. The van der Waals surface area contributed by atoms with Crippen molar-refractivity contribution in [2.75, 3.05) is 5.75 Å². The summed E-state index contributed by atoms with van der Waals surface area (Å²) in [7, 11) is -7.60. The van der Waals surface area contributed by atoms with Crippen molar-refractivity contribution < 1.29 is 22.1 Å². The number of fused-ring (bicyclic) bond motifs is 1. The zero-order valence-corrected chi connectivity index (χ0v) is 33.0. The quantitative estimate of drug-likeness (QED) is 0.140. The van der Waals surface area contributed by atoms with E-state index in [4.69, 9.17) is 8.85 Å². The Kier molecular flexibility index (Phi) is 10.3. The molecule has 1 aliphatic heterocycles. The average molecular weight is 665 g/mol. The van der Waals surface area contributed by atoms with Gasteiger partial charge in [0.15, 0.2) is 26.5 Å². The molecule has 0 saturated heterocycles. The summed E-state index contributed by atoms with van der Waals surface area (Å²) in [5.41, 5.74) is 3.68. The van der Waals surface area contributed by atoms with E-state index in [1.165, 1.54) is 18.4 Å². The molecule has 44 heavy (non-hydrogen) atoms. The summed E-state index contributed by atoms with van der Waals surface area (Å²) in [5.74, 6) is 1.65. The number of carbonyl (C=O) groups is 1. The average Bonchev–Trinajstić information content (AvgIpc) is 3.35. The normalized spacial score (nSPS) is 34.6. The Bertz CT molecular complexity index is 1250. The van der Waals surface area contributed by atoms with Crippen molar-refractivity contribution in [3.05, 3.63) is 22.8 Å². The molecular formula is C36H64O5SSi2. The first kappa shape index (κ1) is 36.3. The van der Waals surface area contributed by atoms with Gasteiger partial charge < -0.3 is 13.6 Å². The van der Waals surface area contributed by atoms with Crippen LogP contribution in [0.4, 0.5) is 0 Å². The van der Waals surface area contributed by atoms with E-state index < -0.39 is 31.7 Å². The number of rotatable bonds is 9. The minimum Gasteiger partial charge on any atom is -0.414 e. The highest BCUT2D eigenvalue weighted by Gasteiger charge is 2.53. The van der Waals surface area contributed by atoms with Gasteiger partial charge in [0.2, 0.25) is 0 Å². The van der Waals surface area contributed by atoms with Crippen molar-refractivity contribution in [2.24, 2.45) is 23.2 Å². The summed E-state index contributed by atoms with van der Waals surface area (Å²) in [5, 5.41) is -0.443. The van der Waals surface area contributed by atoms with Crippen LogP contribution in [0.15, 0.2) is 22.8 Å². The van der Waals surface area contributed by atoms with E-state index in [2.05, 4.69) is 87.7 Å². The van der Waals surface area contributed by atoms with Gasteiger partial charge in [-0.2, -0.15) is 0 Å². The highest BCUT2D eigenvalue weighted by molar-refractivity contribution is 7.92. The van der Waals surface area contributed by atoms with Crippen LogP contribution < -0.4 is 0 Å². The van der Waals surface area contributed by atoms with E-state index >= 15 is 0 Å². The molecule has 4 rings (SSSR count). The van der Waals surface area contributed by atoms with Gasteiger partial charge in [-0.05, 0) is 116 Å². The molecule has 0 aromatic rings. The van der Waals surface area contributed by atoms with Gasteiger partial charge in [-0.3, -0.25) is 0 Å². The van der Waals surface area contributed by atoms with E-state index in [-0.39, 0.29) is 33.5 Å². The highest BCUT2D eigenvalue weighted by atomic mass is 32.2. The predicted octanol–water partition coefficient (Wildman–Crippen LogP) is 9.41. The van der Waals surface area contributed by atoms with Gasteiger partial charge in [-0.15, -0.1) is 0 Å². The van der Waals surface area contributed by atoms with Crippen molar-refractivity contribution in [1.29, 1.82) is 0 Å². The summed E-state index contributed by atoms with van der Waals surface area (Å²) < 4.78 is 42.4. The second-order valence-corrected chi connectivity index (χ2v) is 29.8. The van der Waals surface area contributed by atoms with Crippen LogP contribution in [-0.4, -0.2) is 54.5 Å². The molecule has 2 saturated carbocycles. The van der Waals surface area contributed by atoms with Gasteiger partial charge >= 0.3 is 0 Å². The smallest absolute Gasteiger partial charge is 0.192 e. The SMILES string of the molecule is C[C@H](CCC=O)[C@H]1CCC2C(=CC3C4=C(CS3(=O)=O)[C@@H](O[Si](C)(C)C(C)(C)C)C[C@H](O[Si](C)(C)C(C)(C)C)C4)CCC[C@@]21C. The van der Waals surface area contributed by atoms with Crippen molar-refractivity contribution in [1.82, 2.24) is 0 Å². The first-order valence-corrected chi connectivity index (χ1v) is 25.0. The van der Waals surface area contributed by atoms with Crippen LogP contribution in [0.2, 0.25) is 36.3 Å². The van der Waals surface area contributed by atoms with Crippen molar-refractivity contribution >= 4 is 32.8 Å². The van der Waals surface area contributed by atoms with Crippen molar-refractivity contribution in [2.45, 2.75) is 167 Å². The summed E-state index contributed by atoms with van der Waals surface area (Å²) in [4.78, 5) is 11.1. The Balaban J connectivity index is 1.72. The first-order chi connectivity index (χ1) is 20.0. The Hall–Kier alpha value is -0.546. The lowest BCUT2D eigenvalue weighted by Gasteiger charge is -2.45. The van der Waals surface area contributed by atoms with Crippen LogP contribution in [0.5, 0.6) is 0 Å². The third-order valence-corrected chi connectivity index (χ3v) is 24.1. The number of sulfone groups is 1. The number of allylic oxidation sites excluding steroid dienone is 1. The summed E-state index contributed by atoms with van der Waals surface area (Å²) >= 11 is 0. The maximum atomic E-state index is 14.1. The van der Waals surface area contributed by atoms with E-state index in [1.54, 1.807) is 0 Å². The van der Waals surface area contributed by atoms with Crippen LogP contribution in [0.3, 0.4) is 0 Å². The fourth-order valence-corrected chi connectivity index (χ4v) is 13.3. The lowest BCUT2D eigenvalue weighted by atomic mass is 9.60. The molecule has 0 bridgehead atoms. The maximum absolute atomic E-state index is 14.1. The Morgan fingerprint density at radius 3 is 2.18 bits per heavy atom. The fraction of sp³-hybridized carbons (Fsp3) is 0.861. The topological polar surface area (TPSA) is 69.7 Å². The lowest BCUT2D eigenvalue weighted by Crippen LogP contribution is -2.49. The molecule has 0 aromatic heterocycles. The molecule has 8 heteroatoms. The zero-order valence-electron chi connectivity index (χ0n) is 30.1. The second kappa shape index (κ2) is 12.5. The molecule has 7 atom stereocenters. The van der Waals surface area contributed by atoms with Crippen molar-refractivity contribution in [3.8, 4) is 0 Å². The maximum Gasteiger partial charge on any atom is 0.192 e. The van der Waals surface area contributed by atoms with Crippen LogP contribution in [0.25, 0.3) is 0 Å². The molecule has 1 heterocycles. The lowest BCUT2D eigenvalue weighted by molar-refractivity contribution is -0.108. The fourth-order valence-electron chi connectivity index (χ4n) is 8.54. The molecule has 3 aliphatic carbocycles. The van der Waals surface area contributed by atoms with Crippen LogP contribution >= 0.6 is 0 Å². The number of carbonyl (C=O) groups excluding carboxylic acids is 1. The molecule has 5 nitrogen and oxygen atoms in total. The first-order valence-electron chi connectivity index (χ1n) is 17.5. The van der Waals surface area contributed by atoms with Gasteiger partial charge in [-0.1, -0.05) is 67.0 Å². The Morgan fingerprint density at radius 1 is 0.977 bits per heavy atom. The molecule has 2 fully saturated rings. The Labute approximate surface area is 272 Å². The molecule has 0 spiro atoms. The largest absolute Gasteiger partial charge is 0.414 e. The van der Waals surface area contributed by atoms with Gasteiger partial charge in [0.05, 0.1) is 18.0 Å². The number of hydrogen-bond acceptors (Lipinski definition) is 5. The molecular weight excluding hydrogens is 601 g/mol. The van der Waals surface area contributed by atoms with Gasteiger partial charge in [0.1, 0.15) is 11.5 Å². The second-order valence-electron chi connectivity index (χ2n) is 18.1. The Morgan fingerprint density at radius 2 is 1.59 bits per heavy atom. The molecule has 2 unspecified atom stereocenters. The molecule has 0 aromatic carbocycles. The summed E-state index contributed by atoms with van der Waals surface area (Å²) in [6.07, 6.45) is 11.7. The molecule has 4 aliphatic rings. The van der Waals surface area contributed by atoms with E-state index in [1.807, 2.05) is 0 Å².